The molecular weight excluding hydrogens is 1050 g/mol. The molecule has 3 fully saturated rings. The van der Waals surface area contributed by atoms with Crippen LogP contribution in [0.5, 0.6) is 0 Å². The number of alkyl halides is 3. The van der Waals surface area contributed by atoms with Crippen molar-refractivity contribution < 1.29 is 90.1 Å². The van der Waals surface area contributed by atoms with E-state index < -0.39 is 144 Å². The van der Waals surface area contributed by atoms with E-state index in [1.807, 2.05) is 12.2 Å². The van der Waals surface area contributed by atoms with Gasteiger partial charge in [0.1, 0.15) is 29.5 Å². The highest BCUT2D eigenvalue weighted by Gasteiger charge is 2.78. The number of hydrogen-bond donors (Lipinski definition) is 3. The molecule has 2 bridgehead atoms. The Morgan fingerprint density at radius 3 is 2.06 bits per heavy atom. The van der Waals surface area contributed by atoms with E-state index in [-0.39, 0.29) is 29.6 Å². The summed E-state index contributed by atoms with van der Waals surface area (Å²) in [6, 6.07) is 4.17. The number of rotatable bonds is 22. The summed E-state index contributed by atoms with van der Waals surface area (Å²) in [6.45, 7) is 12.4. The van der Waals surface area contributed by atoms with Crippen LogP contribution in [0.1, 0.15) is 150 Å². The first-order valence-corrected chi connectivity index (χ1v) is 27.4. The highest BCUT2D eigenvalue weighted by molar-refractivity contribution is 5.95. The van der Waals surface area contributed by atoms with Crippen molar-refractivity contribution in [2.45, 2.75) is 205 Å². The summed E-state index contributed by atoms with van der Waals surface area (Å²) in [5, 5.41) is 27.8. The third kappa shape index (κ3) is 14.7. The molecule has 11 atom stereocenters. The van der Waals surface area contributed by atoms with E-state index in [1.165, 1.54) is 86.8 Å². The summed E-state index contributed by atoms with van der Waals surface area (Å²) in [7, 11) is 2.63. The minimum Gasteiger partial charge on any atom is -0.455 e. The monoisotopic (exact) mass is 1130 g/mol. The second-order valence-corrected chi connectivity index (χ2v) is 23.1. The number of aliphatic hydroxyl groups excluding tert-OH is 1. The lowest BCUT2D eigenvalue weighted by molar-refractivity contribution is -0.346. The smallest absolute Gasteiger partial charge is 0.413 e. The number of fused-ring (bicyclic) bond motifs is 5. The van der Waals surface area contributed by atoms with Gasteiger partial charge in [-0.15, -0.1) is 0 Å². The van der Waals surface area contributed by atoms with Crippen molar-refractivity contribution in [3.05, 3.63) is 83.5 Å². The van der Waals surface area contributed by atoms with Crippen molar-refractivity contribution in [3.8, 4) is 0 Å². The normalized spacial score (nSPS) is 28.1. The highest BCUT2D eigenvalue weighted by Crippen LogP contribution is 2.64. The molecule has 1 unspecified atom stereocenters. The standard InChI is InChI=1S/C59H81F3N2O16/c1-12-13-14-15-16-17-18-19-20-21-22-23-24-25-29-32-42(67)76-45(47(59(60,61)62)63-52(71)80-54(4,5)6)51(70)75-39-34-58(73)49(78-50(69)38-30-27-26-28-31-38)46-56(9,40(66)33-41-57(46,35-74-41)79-37(3)65)48(68)44(77-53(72)64(10)11)43(36(39)2)55(58,7)8/h14-15,17-18,20-21,26-28,30-31,39-41,44-47,49,66,73H,12-13,16,19,22-25,29,32-35H2,1-11H3,(H,63,71)/b15-14-,18-17-,21-20-/t39-,40-,41+,44+,45+,46?,47+,49-,56+,57-,58+/m0/s1. The van der Waals surface area contributed by atoms with Crippen LogP contribution in [0.4, 0.5) is 22.8 Å². The van der Waals surface area contributed by atoms with E-state index in [2.05, 4.69) is 31.2 Å². The summed E-state index contributed by atoms with van der Waals surface area (Å²) < 4.78 is 86.8. The van der Waals surface area contributed by atoms with Gasteiger partial charge in [0, 0.05) is 45.7 Å². The predicted octanol–water partition coefficient (Wildman–Crippen LogP) is 9.30. The molecule has 1 aromatic carbocycles. The first-order valence-electron chi connectivity index (χ1n) is 27.4. The number of benzene rings is 1. The lowest BCUT2D eigenvalue weighted by Gasteiger charge is -2.67. The number of unbranched alkanes of at least 4 members (excludes halogenated alkanes) is 5. The molecule has 2 amide bonds. The van der Waals surface area contributed by atoms with Gasteiger partial charge in [0.15, 0.2) is 23.5 Å². The summed E-state index contributed by atoms with van der Waals surface area (Å²) in [4.78, 5) is 99.7. The molecule has 0 spiro atoms. The molecule has 4 aliphatic rings. The van der Waals surface area contributed by atoms with E-state index >= 15 is 18.0 Å². The van der Waals surface area contributed by atoms with Gasteiger partial charge < -0.3 is 53.6 Å². The number of hydrogen-bond acceptors (Lipinski definition) is 16. The van der Waals surface area contributed by atoms with Gasteiger partial charge in [-0.1, -0.05) is 94.7 Å². The SMILES string of the molecule is CCC/C=C\C/C=C\C/C=C\CCCCCCC(=O)O[C@@H](C(=O)O[C@H]1C[C@@]2(O)[C@@H](OC(=O)c3ccccc3)C3[C@](C)(C(=O)[C@H](OC(=O)N(C)C)C(=C1C)C2(C)C)[C@@H](O)C[C@H]1OC[C@@]31OC(C)=O)[C@@H](NC(=O)OC(C)(C)C)C(F)(F)F. The number of esters is 4. The molecular formula is C59H81F3N2O16. The van der Waals surface area contributed by atoms with Crippen LogP contribution < -0.4 is 5.32 Å². The van der Waals surface area contributed by atoms with Crippen LogP contribution >= 0.6 is 0 Å². The predicted molar refractivity (Wildman–Crippen MR) is 285 cm³/mol. The van der Waals surface area contributed by atoms with Crippen LogP contribution in [0.3, 0.4) is 0 Å². The van der Waals surface area contributed by atoms with E-state index in [9.17, 15) is 39.0 Å². The molecule has 2 saturated carbocycles. The first kappa shape index (κ1) is 64.8. The van der Waals surface area contributed by atoms with Gasteiger partial charge in [-0.25, -0.2) is 19.2 Å². The molecule has 21 heteroatoms. The van der Waals surface area contributed by atoms with Crippen LogP contribution in [0.2, 0.25) is 0 Å². The van der Waals surface area contributed by atoms with Crippen molar-refractivity contribution in [1.82, 2.24) is 10.2 Å². The Labute approximate surface area is 466 Å². The van der Waals surface area contributed by atoms with Crippen molar-refractivity contribution in [2.75, 3.05) is 20.7 Å². The van der Waals surface area contributed by atoms with Crippen molar-refractivity contribution >= 4 is 41.8 Å². The first-order chi connectivity index (χ1) is 37.4. The number of amides is 2. The Morgan fingerprint density at radius 1 is 0.887 bits per heavy atom. The zero-order valence-electron chi connectivity index (χ0n) is 47.9. The topological polar surface area (TPSA) is 240 Å². The largest absolute Gasteiger partial charge is 0.455 e. The fraction of sp³-hybridized carbons (Fsp3) is 0.644. The number of halogens is 3. The van der Waals surface area contributed by atoms with Gasteiger partial charge in [0.2, 0.25) is 6.10 Å². The third-order valence-corrected chi connectivity index (χ3v) is 15.6. The maximum atomic E-state index is 15.8. The highest BCUT2D eigenvalue weighted by atomic mass is 19.4. The maximum absolute atomic E-state index is 15.8. The average Bonchev–Trinajstić information content (AvgIpc) is 3.55. The van der Waals surface area contributed by atoms with Crippen LogP contribution in [0, 0.1) is 16.7 Å². The molecule has 1 heterocycles. The maximum Gasteiger partial charge on any atom is 0.413 e. The molecule has 3 aliphatic carbocycles. The minimum atomic E-state index is -5.52. The van der Waals surface area contributed by atoms with E-state index in [1.54, 1.807) is 11.4 Å². The van der Waals surface area contributed by atoms with Gasteiger partial charge in [-0.05, 0) is 96.4 Å². The van der Waals surface area contributed by atoms with Crippen molar-refractivity contribution in [3.63, 3.8) is 0 Å². The number of carbonyl (C=O) groups is 7. The number of alkyl carbamates (subject to hydrolysis) is 1. The second-order valence-electron chi connectivity index (χ2n) is 23.1. The number of allylic oxidation sites excluding steroid dienone is 6. The minimum absolute atomic E-state index is 0.0511. The molecule has 1 aromatic rings. The van der Waals surface area contributed by atoms with Crippen LogP contribution in [-0.2, 0) is 52.3 Å². The van der Waals surface area contributed by atoms with Gasteiger partial charge in [0.25, 0.3) is 0 Å². The van der Waals surface area contributed by atoms with Gasteiger partial charge in [-0.2, -0.15) is 13.2 Å². The van der Waals surface area contributed by atoms with Crippen molar-refractivity contribution in [1.29, 1.82) is 0 Å². The van der Waals surface area contributed by atoms with E-state index in [0.29, 0.717) is 12.8 Å². The lowest BCUT2D eigenvalue weighted by atomic mass is 9.44. The number of nitrogens with zero attached hydrogens (tertiary/aromatic N) is 1. The van der Waals surface area contributed by atoms with Crippen LogP contribution in [-0.4, -0.2) is 143 Å². The van der Waals surface area contributed by atoms with Crippen LogP contribution in [0.15, 0.2) is 77.9 Å². The molecule has 1 aliphatic heterocycles. The molecule has 444 valence electrons. The number of aliphatic hydroxyl groups is 2. The van der Waals surface area contributed by atoms with Gasteiger partial charge in [-0.3, -0.25) is 14.4 Å². The summed E-state index contributed by atoms with van der Waals surface area (Å²) in [5.41, 5.74) is -10.5. The van der Waals surface area contributed by atoms with E-state index in [0.717, 1.165) is 50.3 Å². The second kappa shape index (κ2) is 26.7. The van der Waals surface area contributed by atoms with E-state index in [4.69, 9.17) is 33.2 Å². The summed E-state index contributed by atoms with van der Waals surface area (Å²) >= 11 is 0. The zero-order valence-corrected chi connectivity index (χ0v) is 47.9. The molecule has 80 heavy (non-hydrogen) atoms. The Kier molecular flexibility index (Phi) is 21.6. The number of nitrogens with one attached hydrogen (secondary N) is 1. The quantitative estimate of drug-likeness (QED) is 0.0424. The number of ether oxygens (including phenoxy) is 7. The number of carbonyl (C=O) groups excluding carboxylic acids is 7. The zero-order chi connectivity index (χ0) is 59.6. The molecule has 0 radical (unpaired) electrons. The summed E-state index contributed by atoms with van der Waals surface area (Å²) in [6.07, 6.45) is -2.70. The molecule has 5 rings (SSSR count). The number of ketones is 1. The molecule has 3 N–H and O–H groups in total. The molecule has 0 aromatic heterocycles. The molecule has 18 nitrogen and oxygen atoms in total. The fourth-order valence-electron chi connectivity index (χ4n) is 11.3. The average molecular weight is 1130 g/mol. The lowest BCUT2D eigenvalue weighted by Crippen LogP contribution is -2.82. The van der Waals surface area contributed by atoms with Crippen LogP contribution in [0.25, 0.3) is 0 Å². The Hall–Kier alpha value is -6.06. The fourth-order valence-corrected chi connectivity index (χ4v) is 11.3. The Balaban J connectivity index is 1.58. The molecule has 1 saturated heterocycles. The Morgan fingerprint density at radius 2 is 1.50 bits per heavy atom. The van der Waals surface area contributed by atoms with Crippen molar-refractivity contribution in [2.24, 2.45) is 16.7 Å². The Bertz CT molecular complexity index is 2520. The van der Waals surface area contributed by atoms with Gasteiger partial charge >= 0.3 is 42.2 Å². The van der Waals surface area contributed by atoms with Gasteiger partial charge in [0.05, 0.1) is 29.6 Å². The number of Topliss-reactive ketones (excluding diaryl/α,β-unsaturated/α-hetero) is 1. The third-order valence-electron chi connectivity index (χ3n) is 15.6. The summed E-state index contributed by atoms with van der Waals surface area (Å²) in [5.74, 6) is -7.86.